The molecule has 0 spiro atoms. The molecule has 15 heavy (non-hydrogen) atoms. The fourth-order valence-electron chi connectivity index (χ4n) is 0.849. The van der Waals surface area contributed by atoms with Crippen LogP contribution in [0, 0.1) is 16.0 Å². The number of nitrogens with one attached hydrogen (secondary N) is 1. The van der Waals surface area contributed by atoms with Crippen molar-refractivity contribution in [3.63, 3.8) is 0 Å². The van der Waals surface area contributed by atoms with Crippen molar-refractivity contribution in [3.05, 3.63) is 10.1 Å². The predicted octanol–water partition coefficient (Wildman–Crippen LogP) is -0.417. The van der Waals surface area contributed by atoms with Gasteiger partial charge in [0.1, 0.15) is 0 Å². The number of guanidine groups is 1. The van der Waals surface area contributed by atoms with Crippen molar-refractivity contribution >= 4 is 11.9 Å². The summed E-state index contributed by atoms with van der Waals surface area (Å²) in [5.41, 5.74) is 6.82. The maximum Gasteiger partial charge on any atom is 0.306 e. The Balaban J connectivity index is 3.69. The Kier molecular flexibility index (Phi) is 5.76. The first-order chi connectivity index (χ1) is 6.93. The SMILES string of the molecule is CC(CCCN=C(N)N[N+](=O)[O-])C(=O)O. The molecule has 86 valence electrons. The summed E-state index contributed by atoms with van der Waals surface area (Å²) in [6.07, 6.45) is 0.984. The molecule has 0 fully saturated rings. The molecular formula is C7H14N4O4. The molecule has 0 rings (SSSR count). The molecule has 0 saturated heterocycles. The monoisotopic (exact) mass is 218 g/mol. The number of nitro groups is 1. The molecule has 4 N–H and O–H groups in total. The highest BCUT2D eigenvalue weighted by molar-refractivity contribution is 5.76. The average Bonchev–Trinajstić information content (AvgIpc) is 2.10. The number of carboxylic acids is 1. The van der Waals surface area contributed by atoms with Crippen molar-refractivity contribution in [2.24, 2.45) is 16.6 Å². The number of carboxylic acid groups (broad SMARTS) is 1. The lowest BCUT2D eigenvalue weighted by Gasteiger charge is -2.03. The van der Waals surface area contributed by atoms with Gasteiger partial charge in [0, 0.05) is 6.54 Å². The van der Waals surface area contributed by atoms with E-state index in [0.29, 0.717) is 12.8 Å². The first-order valence-corrected chi connectivity index (χ1v) is 4.37. The van der Waals surface area contributed by atoms with Gasteiger partial charge in [0.2, 0.25) is 0 Å². The zero-order valence-corrected chi connectivity index (χ0v) is 8.34. The Morgan fingerprint density at radius 2 is 2.33 bits per heavy atom. The summed E-state index contributed by atoms with van der Waals surface area (Å²) in [6.45, 7) is 1.86. The molecule has 8 heteroatoms. The number of hydrogen-bond acceptors (Lipinski definition) is 4. The summed E-state index contributed by atoms with van der Waals surface area (Å²) in [7, 11) is 0. The van der Waals surface area contributed by atoms with Crippen molar-refractivity contribution < 1.29 is 14.9 Å². The van der Waals surface area contributed by atoms with E-state index in [1.807, 2.05) is 0 Å². The van der Waals surface area contributed by atoms with Crippen LogP contribution in [0.15, 0.2) is 4.99 Å². The molecule has 0 aliphatic heterocycles. The number of hydrazine groups is 1. The molecule has 0 aromatic heterocycles. The molecule has 0 heterocycles. The van der Waals surface area contributed by atoms with Gasteiger partial charge in [-0.25, -0.2) is 15.1 Å². The third-order valence-corrected chi connectivity index (χ3v) is 1.70. The third kappa shape index (κ3) is 7.23. The first-order valence-electron chi connectivity index (χ1n) is 4.37. The van der Waals surface area contributed by atoms with Crippen molar-refractivity contribution in [1.82, 2.24) is 5.43 Å². The quantitative estimate of drug-likeness (QED) is 0.182. The standard InChI is InChI=1S/C7H14N4O4/c1-5(6(12)13)3-2-4-9-7(8)10-11(14)15/h5H,2-4H2,1H3,(H,12,13)(H3,8,9,10). The molecule has 0 aliphatic rings. The number of aliphatic imine (C=N–C) groups is 1. The van der Waals surface area contributed by atoms with E-state index in [2.05, 4.69) is 4.99 Å². The number of rotatable bonds is 6. The highest BCUT2D eigenvalue weighted by Crippen LogP contribution is 2.04. The lowest BCUT2D eigenvalue weighted by atomic mass is 10.1. The molecule has 0 aromatic rings. The number of hydrogen-bond donors (Lipinski definition) is 3. The molecular weight excluding hydrogens is 204 g/mol. The molecule has 0 bridgehead atoms. The molecule has 0 radical (unpaired) electrons. The van der Waals surface area contributed by atoms with Crippen molar-refractivity contribution in [2.75, 3.05) is 6.54 Å². The van der Waals surface area contributed by atoms with Gasteiger partial charge < -0.3 is 10.8 Å². The minimum atomic E-state index is -0.865. The van der Waals surface area contributed by atoms with Gasteiger partial charge in [-0.15, -0.1) is 0 Å². The van der Waals surface area contributed by atoms with Crippen molar-refractivity contribution in [1.29, 1.82) is 0 Å². The van der Waals surface area contributed by atoms with Crippen LogP contribution in [0.25, 0.3) is 0 Å². The second kappa shape index (κ2) is 6.57. The molecule has 1 atom stereocenters. The van der Waals surface area contributed by atoms with E-state index >= 15 is 0 Å². The summed E-state index contributed by atoms with van der Waals surface area (Å²) < 4.78 is 0. The molecule has 0 aliphatic carbocycles. The maximum absolute atomic E-state index is 10.4. The number of nitrogens with two attached hydrogens (primary N) is 1. The van der Waals surface area contributed by atoms with E-state index in [1.165, 1.54) is 0 Å². The van der Waals surface area contributed by atoms with Crippen molar-refractivity contribution in [2.45, 2.75) is 19.8 Å². The topological polar surface area (TPSA) is 131 Å². The maximum atomic E-state index is 10.4. The van der Waals surface area contributed by atoms with Crippen LogP contribution in [0.2, 0.25) is 0 Å². The van der Waals surface area contributed by atoms with E-state index in [9.17, 15) is 14.9 Å². The Bertz CT molecular complexity index is 266. The van der Waals surface area contributed by atoms with Crippen LogP contribution in [-0.4, -0.2) is 28.6 Å². The fourth-order valence-corrected chi connectivity index (χ4v) is 0.849. The van der Waals surface area contributed by atoms with Gasteiger partial charge >= 0.3 is 5.97 Å². The van der Waals surface area contributed by atoms with Gasteiger partial charge in [0.25, 0.3) is 5.96 Å². The van der Waals surface area contributed by atoms with Gasteiger partial charge in [-0.2, -0.15) is 0 Å². The molecule has 8 nitrogen and oxygen atoms in total. The van der Waals surface area contributed by atoms with E-state index < -0.39 is 16.9 Å². The summed E-state index contributed by atoms with van der Waals surface area (Å²) in [4.78, 5) is 24.0. The number of aliphatic carboxylic acids is 1. The zero-order valence-electron chi connectivity index (χ0n) is 8.34. The van der Waals surface area contributed by atoms with Crippen molar-refractivity contribution in [3.8, 4) is 0 Å². The third-order valence-electron chi connectivity index (χ3n) is 1.70. The van der Waals surface area contributed by atoms with Crippen LogP contribution >= 0.6 is 0 Å². The smallest absolute Gasteiger partial charge is 0.306 e. The lowest BCUT2D eigenvalue weighted by molar-refractivity contribution is -0.525. The average molecular weight is 218 g/mol. The molecule has 0 aromatic carbocycles. The summed E-state index contributed by atoms with van der Waals surface area (Å²) in [5, 5.41) is 17.6. The van der Waals surface area contributed by atoms with Crippen LogP contribution in [0.5, 0.6) is 0 Å². The largest absolute Gasteiger partial charge is 0.481 e. The van der Waals surface area contributed by atoms with Gasteiger partial charge in [-0.1, -0.05) is 12.3 Å². The van der Waals surface area contributed by atoms with Crippen LogP contribution in [0.1, 0.15) is 19.8 Å². The second-order valence-corrected chi connectivity index (χ2v) is 3.02. The van der Waals surface area contributed by atoms with E-state index in [1.54, 1.807) is 12.3 Å². The Morgan fingerprint density at radius 3 is 2.80 bits per heavy atom. The number of nitrogens with zero attached hydrogens (tertiary/aromatic N) is 2. The minimum absolute atomic E-state index is 0.268. The van der Waals surface area contributed by atoms with Crippen LogP contribution in [-0.2, 0) is 4.79 Å². The normalized spacial score (nSPS) is 13.3. The Labute approximate surface area is 86.3 Å². The number of carbonyl (C=O) groups is 1. The van der Waals surface area contributed by atoms with Crippen LogP contribution < -0.4 is 11.2 Å². The minimum Gasteiger partial charge on any atom is -0.481 e. The van der Waals surface area contributed by atoms with Crippen LogP contribution in [0.4, 0.5) is 0 Å². The molecule has 0 saturated carbocycles. The molecule has 0 amide bonds. The summed E-state index contributed by atoms with van der Waals surface area (Å²) >= 11 is 0. The Morgan fingerprint density at radius 1 is 1.73 bits per heavy atom. The highest BCUT2D eigenvalue weighted by atomic mass is 16.7. The summed E-state index contributed by atoms with van der Waals surface area (Å²) in [5.74, 6) is -1.58. The van der Waals surface area contributed by atoms with E-state index in [4.69, 9.17) is 10.8 Å². The first kappa shape index (κ1) is 13.1. The summed E-state index contributed by atoms with van der Waals surface area (Å²) in [6, 6.07) is 0. The van der Waals surface area contributed by atoms with Gasteiger partial charge in [0.05, 0.1) is 5.92 Å². The van der Waals surface area contributed by atoms with E-state index in [0.717, 1.165) is 0 Å². The molecule has 1 unspecified atom stereocenters. The Hall–Kier alpha value is -1.86. The second-order valence-electron chi connectivity index (χ2n) is 3.02. The van der Waals surface area contributed by atoms with Gasteiger partial charge in [-0.3, -0.25) is 4.79 Å². The van der Waals surface area contributed by atoms with Crippen LogP contribution in [0.3, 0.4) is 0 Å². The van der Waals surface area contributed by atoms with Gasteiger partial charge in [0.15, 0.2) is 5.03 Å². The van der Waals surface area contributed by atoms with E-state index in [-0.39, 0.29) is 12.5 Å². The fraction of sp³-hybridized carbons (Fsp3) is 0.714. The predicted molar refractivity (Wildman–Crippen MR) is 52.7 cm³/mol. The zero-order chi connectivity index (χ0) is 11.8. The lowest BCUT2D eigenvalue weighted by Crippen LogP contribution is -2.36. The van der Waals surface area contributed by atoms with Gasteiger partial charge in [-0.05, 0) is 12.8 Å². The highest BCUT2D eigenvalue weighted by Gasteiger charge is 2.09.